The number of hydrogen-bond acceptors (Lipinski definition) is 2. The van der Waals surface area contributed by atoms with Crippen LogP contribution in [0.1, 0.15) is 35.1 Å². The molecule has 2 aromatic heterocycles. The molecular weight excluding hydrogens is 258 g/mol. The number of aromatic nitrogens is 2. The summed E-state index contributed by atoms with van der Waals surface area (Å²) in [5.41, 5.74) is 13.0. The summed E-state index contributed by atoms with van der Waals surface area (Å²) in [6, 6.07) is 14.9. The van der Waals surface area contributed by atoms with Gasteiger partial charge in [-0.1, -0.05) is 37.3 Å². The highest BCUT2D eigenvalue weighted by Gasteiger charge is 2.12. The molecule has 0 aliphatic carbocycles. The van der Waals surface area contributed by atoms with E-state index in [2.05, 4.69) is 48.6 Å². The Morgan fingerprint density at radius 3 is 2.43 bits per heavy atom. The molecule has 1 aromatic carbocycles. The molecule has 108 valence electrons. The van der Waals surface area contributed by atoms with E-state index in [-0.39, 0.29) is 0 Å². The van der Waals surface area contributed by atoms with Crippen LogP contribution in [-0.2, 0) is 19.4 Å². The first-order valence-corrected chi connectivity index (χ1v) is 7.46. The third-order valence-corrected chi connectivity index (χ3v) is 4.01. The minimum Gasteiger partial charge on any atom is -0.325 e. The molecule has 0 amide bonds. The van der Waals surface area contributed by atoms with Gasteiger partial charge in [0.1, 0.15) is 5.65 Å². The smallest absolute Gasteiger partial charge is 0.137 e. The Bertz CT molecular complexity index is 754. The van der Waals surface area contributed by atoms with Crippen LogP contribution in [0.4, 0.5) is 0 Å². The SMILES string of the molecule is CCc1ccc(Cc2nc3cccc(C)n3c2CN)cc1. The lowest BCUT2D eigenvalue weighted by Gasteiger charge is -2.05. The molecule has 3 nitrogen and oxygen atoms in total. The van der Waals surface area contributed by atoms with E-state index in [9.17, 15) is 0 Å². The van der Waals surface area contributed by atoms with E-state index < -0.39 is 0 Å². The van der Waals surface area contributed by atoms with E-state index in [4.69, 9.17) is 10.7 Å². The van der Waals surface area contributed by atoms with Gasteiger partial charge in [-0.15, -0.1) is 0 Å². The Hall–Kier alpha value is -2.13. The van der Waals surface area contributed by atoms with Crippen LogP contribution in [0, 0.1) is 6.92 Å². The van der Waals surface area contributed by atoms with Gasteiger partial charge in [0.05, 0.1) is 11.4 Å². The number of benzene rings is 1. The van der Waals surface area contributed by atoms with Crippen molar-refractivity contribution in [1.29, 1.82) is 0 Å². The summed E-state index contributed by atoms with van der Waals surface area (Å²) in [7, 11) is 0. The Morgan fingerprint density at radius 1 is 1.05 bits per heavy atom. The second kappa shape index (κ2) is 5.70. The molecule has 0 radical (unpaired) electrons. The van der Waals surface area contributed by atoms with Gasteiger partial charge in [0.15, 0.2) is 0 Å². The fourth-order valence-electron chi connectivity index (χ4n) is 2.81. The Morgan fingerprint density at radius 2 is 1.76 bits per heavy atom. The maximum absolute atomic E-state index is 5.97. The second-order valence-corrected chi connectivity index (χ2v) is 5.42. The van der Waals surface area contributed by atoms with Crippen molar-refractivity contribution in [3.05, 3.63) is 70.7 Å². The highest BCUT2D eigenvalue weighted by atomic mass is 15.0. The highest BCUT2D eigenvalue weighted by molar-refractivity contribution is 5.46. The number of imidazole rings is 1. The van der Waals surface area contributed by atoms with Gasteiger partial charge < -0.3 is 5.73 Å². The zero-order valence-electron chi connectivity index (χ0n) is 12.6. The molecule has 0 atom stereocenters. The number of rotatable bonds is 4. The zero-order chi connectivity index (χ0) is 14.8. The number of aryl methyl sites for hydroxylation is 2. The molecule has 21 heavy (non-hydrogen) atoms. The van der Waals surface area contributed by atoms with Gasteiger partial charge in [-0.05, 0) is 36.6 Å². The van der Waals surface area contributed by atoms with Crippen LogP contribution >= 0.6 is 0 Å². The fraction of sp³-hybridized carbons (Fsp3) is 0.278. The molecule has 0 unspecified atom stereocenters. The molecule has 2 heterocycles. The average molecular weight is 279 g/mol. The minimum absolute atomic E-state index is 0.508. The van der Waals surface area contributed by atoms with Gasteiger partial charge in [0, 0.05) is 18.7 Å². The van der Waals surface area contributed by atoms with Gasteiger partial charge in [0.2, 0.25) is 0 Å². The maximum atomic E-state index is 5.97. The molecule has 0 spiro atoms. The summed E-state index contributed by atoms with van der Waals surface area (Å²) in [5, 5.41) is 0. The first-order valence-electron chi connectivity index (χ1n) is 7.46. The maximum Gasteiger partial charge on any atom is 0.137 e. The lowest BCUT2D eigenvalue weighted by molar-refractivity contribution is 0.906. The number of fused-ring (bicyclic) bond motifs is 1. The summed E-state index contributed by atoms with van der Waals surface area (Å²) in [6.07, 6.45) is 1.90. The summed E-state index contributed by atoms with van der Waals surface area (Å²) in [6.45, 7) is 4.77. The van der Waals surface area contributed by atoms with E-state index in [1.165, 1.54) is 16.8 Å². The van der Waals surface area contributed by atoms with Crippen molar-refractivity contribution in [2.24, 2.45) is 5.73 Å². The highest BCUT2D eigenvalue weighted by Crippen LogP contribution is 2.18. The zero-order valence-corrected chi connectivity index (χ0v) is 12.6. The Balaban J connectivity index is 2.01. The molecule has 2 N–H and O–H groups in total. The van der Waals surface area contributed by atoms with Gasteiger partial charge in [-0.3, -0.25) is 4.40 Å². The minimum atomic E-state index is 0.508. The second-order valence-electron chi connectivity index (χ2n) is 5.42. The molecule has 3 rings (SSSR count). The van der Waals surface area contributed by atoms with Gasteiger partial charge >= 0.3 is 0 Å². The Kier molecular flexibility index (Phi) is 3.76. The van der Waals surface area contributed by atoms with Crippen LogP contribution < -0.4 is 5.73 Å². The van der Waals surface area contributed by atoms with Crippen molar-refractivity contribution in [2.45, 2.75) is 33.2 Å². The summed E-state index contributed by atoms with van der Waals surface area (Å²) in [4.78, 5) is 4.77. The third-order valence-electron chi connectivity index (χ3n) is 4.01. The van der Waals surface area contributed by atoms with Crippen molar-refractivity contribution in [2.75, 3.05) is 0 Å². The standard InChI is InChI=1S/C18H21N3/c1-3-14-7-9-15(10-8-14)11-16-17(12-19)21-13(2)5-4-6-18(21)20-16/h4-10H,3,11-12,19H2,1-2H3. The topological polar surface area (TPSA) is 43.3 Å². The first-order chi connectivity index (χ1) is 10.2. The predicted octanol–water partition coefficient (Wildman–Crippen LogP) is 3.25. The monoisotopic (exact) mass is 279 g/mol. The molecule has 0 saturated heterocycles. The Labute approximate surface area is 125 Å². The van der Waals surface area contributed by atoms with Gasteiger partial charge in [-0.2, -0.15) is 0 Å². The van der Waals surface area contributed by atoms with E-state index in [1.807, 2.05) is 12.1 Å². The summed E-state index contributed by atoms with van der Waals surface area (Å²) < 4.78 is 2.16. The molecule has 3 aromatic rings. The van der Waals surface area contributed by atoms with Crippen molar-refractivity contribution in [3.63, 3.8) is 0 Å². The van der Waals surface area contributed by atoms with Crippen LogP contribution in [0.15, 0.2) is 42.5 Å². The van der Waals surface area contributed by atoms with Crippen LogP contribution in [0.3, 0.4) is 0 Å². The lowest BCUT2D eigenvalue weighted by Crippen LogP contribution is -2.06. The molecular formula is C18H21N3. The summed E-state index contributed by atoms with van der Waals surface area (Å²) >= 11 is 0. The fourth-order valence-corrected chi connectivity index (χ4v) is 2.81. The number of nitrogens with two attached hydrogens (primary N) is 1. The largest absolute Gasteiger partial charge is 0.325 e. The summed E-state index contributed by atoms with van der Waals surface area (Å²) in [5.74, 6) is 0. The van der Waals surface area contributed by atoms with E-state index in [1.54, 1.807) is 0 Å². The van der Waals surface area contributed by atoms with Crippen LogP contribution in [0.5, 0.6) is 0 Å². The first kappa shape index (κ1) is 13.8. The van der Waals surface area contributed by atoms with Crippen molar-refractivity contribution in [1.82, 2.24) is 9.38 Å². The van der Waals surface area contributed by atoms with Crippen molar-refractivity contribution >= 4 is 5.65 Å². The number of hydrogen-bond donors (Lipinski definition) is 1. The van der Waals surface area contributed by atoms with Crippen LogP contribution in [-0.4, -0.2) is 9.38 Å². The molecule has 3 heteroatoms. The average Bonchev–Trinajstić information content (AvgIpc) is 2.86. The van der Waals surface area contributed by atoms with Gasteiger partial charge in [-0.25, -0.2) is 4.98 Å². The molecule has 0 aliphatic rings. The predicted molar refractivity (Wildman–Crippen MR) is 86.4 cm³/mol. The molecule has 0 saturated carbocycles. The van der Waals surface area contributed by atoms with E-state index in [0.29, 0.717) is 6.54 Å². The molecule has 0 bridgehead atoms. The van der Waals surface area contributed by atoms with Crippen LogP contribution in [0.2, 0.25) is 0 Å². The van der Waals surface area contributed by atoms with Gasteiger partial charge in [0.25, 0.3) is 0 Å². The normalized spacial score (nSPS) is 11.2. The number of nitrogens with zero attached hydrogens (tertiary/aromatic N) is 2. The van der Waals surface area contributed by atoms with Crippen molar-refractivity contribution < 1.29 is 0 Å². The lowest BCUT2D eigenvalue weighted by atomic mass is 10.1. The molecule has 0 fully saturated rings. The van der Waals surface area contributed by atoms with Crippen LogP contribution in [0.25, 0.3) is 5.65 Å². The third kappa shape index (κ3) is 2.57. The van der Waals surface area contributed by atoms with E-state index in [0.717, 1.165) is 29.9 Å². The quantitative estimate of drug-likeness (QED) is 0.796. The molecule has 0 aliphatic heterocycles. The van der Waals surface area contributed by atoms with Crippen molar-refractivity contribution in [3.8, 4) is 0 Å². The van der Waals surface area contributed by atoms with E-state index >= 15 is 0 Å². The number of pyridine rings is 1.